The summed E-state index contributed by atoms with van der Waals surface area (Å²) in [4.78, 5) is 11.1. The fourth-order valence-corrected chi connectivity index (χ4v) is 3.42. The maximum atomic E-state index is 11.1. The van der Waals surface area contributed by atoms with Gasteiger partial charge in [0.25, 0.3) is 0 Å². The van der Waals surface area contributed by atoms with Crippen LogP contribution in [0, 0.1) is 0 Å². The number of benzene rings is 2. The molecule has 1 N–H and O–H groups in total. The molecule has 2 aromatic rings. The summed E-state index contributed by atoms with van der Waals surface area (Å²) in [6.45, 7) is 7.35. The molecule has 6 heteroatoms. The van der Waals surface area contributed by atoms with Crippen LogP contribution < -0.4 is 4.74 Å². The largest absolute Gasteiger partial charge is 0.490 e. The highest BCUT2D eigenvalue weighted by Gasteiger charge is 2.29. The van der Waals surface area contributed by atoms with Crippen molar-refractivity contribution in [2.45, 2.75) is 51.3 Å². The van der Waals surface area contributed by atoms with Crippen molar-refractivity contribution in [1.82, 2.24) is 0 Å². The first-order chi connectivity index (χ1) is 14.0. The van der Waals surface area contributed by atoms with Crippen LogP contribution in [-0.4, -0.2) is 42.6 Å². The fourth-order valence-electron chi connectivity index (χ4n) is 3.42. The van der Waals surface area contributed by atoms with Gasteiger partial charge in [-0.25, -0.2) is 4.79 Å². The molecule has 1 fully saturated rings. The van der Waals surface area contributed by atoms with Crippen molar-refractivity contribution >= 4 is 16.7 Å². The Morgan fingerprint density at radius 1 is 1.24 bits per heavy atom. The molecule has 4 unspecified atom stereocenters. The number of rotatable bonds is 8. The summed E-state index contributed by atoms with van der Waals surface area (Å²) >= 11 is 0. The molecule has 1 saturated heterocycles. The van der Waals surface area contributed by atoms with Crippen molar-refractivity contribution in [3.8, 4) is 5.75 Å². The van der Waals surface area contributed by atoms with Crippen molar-refractivity contribution < 1.29 is 28.8 Å². The van der Waals surface area contributed by atoms with Crippen molar-refractivity contribution in [1.29, 1.82) is 0 Å². The van der Waals surface area contributed by atoms with Crippen LogP contribution >= 0.6 is 0 Å². The predicted octanol–water partition coefficient (Wildman–Crippen LogP) is 3.91. The maximum absolute atomic E-state index is 11.1. The van der Waals surface area contributed by atoms with Crippen LogP contribution in [0.2, 0.25) is 0 Å². The van der Waals surface area contributed by atoms with Gasteiger partial charge >= 0.3 is 5.97 Å². The van der Waals surface area contributed by atoms with E-state index in [0.29, 0.717) is 5.75 Å². The van der Waals surface area contributed by atoms with Crippen LogP contribution in [0.5, 0.6) is 5.75 Å². The Balaban J connectivity index is 1.76. The molecule has 0 amide bonds. The number of carbonyl (C=O) groups is 1. The number of aliphatic hydroxyl groups excluding tert-OH is 1. The zero-order valence-electron chi connectivity index (χ0n) is 16.9. The summed E-state index contributed by atoms with van der Waals surface area (Å²) in [6, 6.07) is 11.7. The van der Waals surface area contributed by atoms with Gasteiger partial charge in [0, 0.05) is 17.0 Å². The van der Waals surface area contributed by atoms with Gasteiger partial charge in [-0.05, 0) is 31.2 Å². The highest BCUT2D eigenvalue weighted by molar-refractivity contribution is 5.91. The molecule has 3 rings (SSSR count). The van der Waals surface area contributed by atoms with Gasteiger partial charge in [0.2, 0.25) is 0 Å². The number of carbonyl (C=O) groups excluding carboxylic acids is 1. The highest BCUT2D eigenvalue weighted by Crippen LogP contribution is 2.37. The van der Waals surface area contributed by atoms with Crippen LogP contribution in [0.25, 0.3) is 10.8 Å². The molecule has 0 aromatic heterocycles. The number of aliphatic hydroxyl groups is 1. The lowest BCUT2D eigenvalue weighted by atomic mass is 10.0. The number of fused-ring (bicyclic) bond motifs is 1. The normalized spacial score (nSPS) is 22.8. The Labute approximate surface area is 171 Å². The van der Waals surface area contributed by atoms with Gasteiger partial charge in [-0.15, -0.1) is 0 Å². The second-order valence-corrected chi connectivity index (χ2v) is 7.18. The summed E-state index contributed by atoms with van der Waals surface area (Å²) in [6.07, 6.45) is 1.82. The Morgan fingerprint density at radius 2 is 2.00 bits per heavy atom. The lowest BCUT2D eigenvalue weighted by Crippen LogP contribution is -2.31. The van der Waals surface area contributed by atoms with Crippen LogP contribution in [0.4, 0.5) is 0 Å². The quantitative estimate of drug-likeness (QED) is 0.535. The average Bonchev–Trinajstić information content (AvgIpc) is 2.74. The summed E-state index contributed by atoms with van der Waals surface area (Å²) in [5.41, 5.74) is 0.957. The van der Waals surface area contributed by atoms with E-state index < -0.39 is 18.4 Å². The van der Waals surface area contributed by atoms with Gasteiger partial charge in [0.15, 0.2) is 6.29 Å². The number of ether oxygens (including phenoxy) is 4. The molecule has 6 nitrogen and oxygen atoms in total. The minimum Gasteiger partial charge on any atom is -0.490 e. The van der Waals surface area contributed by atoms with Gasteiger partial charge in [-0.3, -0.25) is 0 Å². The fraction of sp³-hybridized carbons (Fsp3) is 0.435. The zero-order chi connectivity index (χ0) is 20.8. The van der Waals surface area contributed by atoms with Gasteiger partial charge in [0.05, 0.1) is 12.2 Å². The molecule has 1 aliphatic rings. The van der Waals surface area contributed by atoms with E-state index in [1.165, 1.54) is 0 Å². The smallest absolute Gasteiger partial charge is 0.330 e. The summed E-state index contributed by atoms with van der Waals surface area (Å²) in [7, 11) is 0. The zero-order valence-corrected chi connectivity index (χ0v) is 16.9. The van der Waals surface area contributed by atoms with Crippen LogP contribution in [0.15, 0.2) is 49.1 Å². The third kappa shape index (κ3) is 5.35. The second kappa shape index (κ2) is 9.87. The minimum absolute atomic E-state index is 0.000858. The van der Waals surface area contributed by atoms with E-state index in [1.807, 2.05) is 36.4 Å². The SMILES string of the molecule is C=CC(=O)OCC(O)COc1cccc2c(C3OC(C)CC(CC)O3)cccc12. The van der Waals surface area contributed by atoms with E-state index in [9.17, 15) is 9.90 Å². The van der Waals surface area contributed by atoms with Gasteiger partial charge in [-0.1, -0.05) is 43.8 Å². The minimum atomic E-state index is -0.937. The van der Waals surface area contributed by atoms with Crippen molar-refractivity contribution in [3.63, 3.8) is 0 Å². The molecule has 0 radical (unpaired) electrons. The molecule has 0 spiro atoms. The first-order valence-electron chi connectivity index (χ1n) is 9.94. The lowest BCUT2D eigenvalue weighted by molar-refractivity contribution is -0.243. The van der Waals surface area contributed by atoms with E-state index in [-0.39, 0.29) is 25.4 Å². The molecule has 0 saturated carbocycles. The molecule has 156 valence electrons. The Morgan fingerprint density at radius 3 is 2.76 bits per heavy atom. The first-order valence-corrected chi connectivity index (χ1v) is 9.94. The lowest BCUT2D eigenvalue weighted by Gasteiger charge is -2.34. The molecule has 1 aliphatic heterocycles. The third-order valence-corrected chi connectivity index (χ3v) is 4.91. The van der Waals surface area contributed by atoms with E-state index in [0.717, 1.165) is 35.3 Å². The number of hydrogen-bond donors (Lipinski definition) is 1. The van der Waals surface area contributed by atoms with Crippen LogP contribution in [-0.2, 0) is 19.0 Å². The van der Waals surface area contributed by atoms with E-state index >= 15 is 0 Å². The Bertz CT molecular complexity index is 848. The molecular weight excluding hydrogens is 372 g/mol. The summed E-state index contributed by atoms with van der Waals surface area (Å²) < 4.78 is 22.8. The van der Waals surface area contributed by atoms with Crippen LogP contribution in [0.1, 0.15) is 38.5 Å². The summed E-state index contributed by atoms with van der Waals surface area (Å²) in [5.74, 6) is 0.0558. The standard InChI is InChI=1S/C23H28O6/c1-4-17-12-15(3)28-23(29-17)20-10-6-9-19-18(20)8-7-11-21(19)26-13-16(24)14-27-22(25)5-2/h5-11,15-17,23-24H,2,4,12-14H2,1,3H3. The molecule has 29 heavy (non-hydrogen) atoms. The van der Waals surface area contributed by atoms with Gasteiger partial charge in [-0.2, -0.15) is 0 Å². The van der Waals surface area contributed by atoms with Gasteiger partial charge < -0.3 is 24.1 Å². The highest BCUT2D eigenvalue weighted by atomic mass is 16.7. The predicted molar refractivity (Wildman–Crippen MR) is 110 cm³/mol. The maximum Gasteiger partial charge on any atom is 0.330 e. The number of hydrogen-bond acceptors (Lipinski definition) is 6. The topological polar surface area (TPSA) is 74.2 Å². The first kappa shape index (κ1) is 21.3. The number of esters is 1. The Kier molecular flexibility index (Phi) is 7.25. The van der Waals surface area contributed by atoms with Gasteiger partial charge in [0.1, 0.15) is 25.1 Å². The molecule has 0 bridgehead atoms. The third-order valence-electron chi connectivity index (χ3n) is 4.91. The van der Waals surface area contributed by atoms with E-state index in [2.05, 4.69) is 20.4 Å². The van der Waals surface area contributed by atoms with E-state index in [1.54, 1.807) is 0 Å². The molecule has 2 aromatic carbocycles. The van der Waals surface area contributed by atoms with Crippen molar-refractivity contribution in [2.75, 3.05) is 13.2 Å². The van der Waals surface area contributed by atoms with Crippen molar-refractivity contribution in [2.24, 2.45) is 0 Å². The average molecular weight is 400 g/mol. The van der Waals surface area contributed by atoms with Crippen LogP contribution in [0.3, 0.4) is 0 Å². The van der Waals surface area contributed by atoms with E-state index in [4.69, 9.17) is 18.9 Å². The molecule has 4 atom stereocenters. The molecule has 1 heterocycles. The monoisotopic (exact) mass is 400 g/mol. The second-order valence-electron chi connectivity index (χ2n) is 7.18. The molecular formula is C23H28O6. The molecule has 0 aliphatic carbocycles. The summed E-state index contributed by atoms with van der Waals surface area (Å²) in [5, 5.41) is 11.9. The van der Waals surface area contributed by atoms with Crippen molar-refractivity contribution in [3.05, 3.63) is 54.6 Å². The Hall–Kier alpha value is -2.41.